The smallest absolute Gasteiger partial charge is 0.237 e. The molecule has 1 amide bonds. The molecule has 0 radical (unpaired) electrons. The number of rotatable bonds is 6. The molecule has 0 bridgehead atoms. The molecule has 0 saturated heterocycles. The molecule has 2 rings (SSSR count). The normalized spacial score (nSPS) is 11.5. The summed E-state index contributed by atoms with van der Waals surface area (Å²) >= 11 is 0. The van der Waals surface area contributed by atoms with Crippen LogP contribution in [0.4, 0.5) is 0 Å². The van der Waals surface area contributed by atoms with E-state index in [0.717, 1.165) is 18.8 Å². The van der Waals surface area contributed by atoms with Gasteiger partial charge in [0.05, 0.1) is 12.6 Å². The number of halogens is 1. The Morgan fingerprint density at radius 2 is 2.10 bits per heavy atom. The van der Waals surface area contributed by atoms with Gasteiger partial charge >= 0.3 is 0 Å². The topological polar surface area (TPSA) is 85.8 Å². The lowest BCUT2D eigenvalue weighted by Gasteiger charge is -2.09. The molecule has 2 aromatic rings. The van der Waals surface area contributed by atoms with Crippen LogP contribution in [-0.2, 0) is 24.3 Å². The highest BCUT2D eigenvalue weighted by Crippen LogP contribution is 2.03. The van der Waals surface area contributed by atoms with Crippen molar-refractivity contribution in [2.75, 3.05) is 0 Å². The third-order valence-electron chi connectivity index (χ3n) is 3.01. The number of nitrogens with one attached hydrogen (secondary N) is 1. The summed E-state index contributed by atoms with van der Waals surface area (Å²) in [5.74, 6) is 0.539. The molecule has 0 unspecified atom stereocenters. The zero-order chi connectivity index (χ0) is 14.4. The summed E-state index contributed by atoms with van der Waals surface area (Å²) in [5.41, 5.74) is 6.75. The van der Waals surface area contributed by atoms with Crippen LogP contribution in [0.1, 0.15) is 18.3 Å². The molecule has 6 nitrogen and oxygen atoms in total. The van der Waals surface area contributed by atoms with Gasteiger partial charge in [-0.05, 0) is 18.9 Å². The number of hydrogen-bond acceptors (Lipinski definition) is 4. The summed E-state index contributed by atoms with van der Waals surface area (Å²) in [4.78, 5) is 11.4. The second kappa shape index (κ2) is 8.39. The van der Waals surface area contributed by atoms with Gasteiger partial charge in [0, 0.05) is 6.54 Å². The Balaban J connectivity index is 0.00000220. The van der Waals surface area contributed by atoms with E-state index in [2.05, 4.69) is 27.6 Å². The van der Waals surface area contributed by atoms with Crippen molar-refractivity contribution in [1.29, 1.82) is 0 Å². The van der Waals surface area contributed by atoms with Gasteiger partial charge in [-0.3, -0.25) is 4.79 Å². The molecule has 1 aromatic heterocycles. The van der Waals surface area contributed by atoms with E-state index < -0.39 is 6.04 Å². The van der Waals surface area contributed by atoms with E-state index in [9.17, 15) is 4.79 Å². The molecule has 0 aliphatic carbocycles. The third-order valence-corrected chi connectivity index (χ3v) is 3.01. The van der Waals surface area contributed by atoms with E-state index in [-0.39, 0.29) is 18.3 Å². The molecule has 0 aliphatic heterocycles. The number of aromatic nitrogens is 3. The van der Waals surface area contributed by atoms with Crippen LogP contribution in [0.5, 0.6) is 0 Å². The first kappa shape index (κ1) is 17.1. The summed E-state index contributed by atoms with van der Waals surface area (Å²) in [6.45, 7) is 2.77. The predicted octanol–water partition coefficient (Wildman–Crippen LogP) is 0.906. The predicted molar refractivity (Wildman–Crippen MR) is 82.9 cm³/mol. The van der Waals surface area contributed by atoms with Gasteiger partial charge < -0.3 is 15.6 Å². The third kappa shape index (κ3) is 5.17. The van der Waals surface area contributed by atoms with Crippen LogP contribution in [-0.4, -0.2) is 26.7 Å². The molecule has 0 spiro atoms. The Kier molecular flexibility index (Phi) is 6.84. The van der Waals surface area contributed by atoms with Crippen molar-refractivity contribution >= 4 is 18.3 Å². The molecular formula is C14H20ClN5O. The fourth-order valence-electron chi connectivity index (χ4n) is 1.82. The Labute approximate surface area is 130 Å². The van der Waals surface area contributed by atoms with Crippen LogP contribution in [0.25, 0.3) is 0 Å². The van der Waals surface area contributed by atoms with Crippen molar-refractivity contribution in [1.82, 2.24) is 20.1 Å². The van der Waals surface area contributed by atoms with Gasteiger partial charge in [-0.1, -0.05) is 30.3 Å². The molecule has 0 aliphatic rings. The zero-order valence-corrected chi connectivity index (χ0v) is 12.7. The highest BCUT2D eigenvalue weighted by atomic mass is 35.5. The highest BCUT2D eigenvalue weighted by Gasteiger charge is 2.09. The molecule has 7 heteroatoms. The molecule has 1 heterocycles. The van der Waals surface area contributed by atoms with Gasteiger partial charge in [0.15, 0.2) is 5.82 Å². The molecule has 1 atom stereocenters. The van der Waals surface area contributed by atoms with Crippen molar-refractivity contribution in [2.24, 2.45) is 5.73 Å². The summed E-state index contributed by atoms with van der Waals surface area (Å²) in [7, 11) is 0. The first-order valence-electron chi connectivity index (χ1n) is 6.60. The van der Waals surface area contributed by atoms with Crippen LogP contribution >= 0.6 is 12.4 Å². The van der Waals surface area contributed by atoms with Crippen molar-refractivity contribution in [2.45, 2.75) is 32.5 Å². The van der Waals surface area contributed by atoms with E-state index in [1.807, 2.05) is 22.8 Å². The van der Waals surface area contributed by atoms with Crippen molar-refractivity contribution in [3.8, 4) is 0 Å². The van der Waals surface area contributed by atoms with Gasteiger partial charge in [0.25, 0.3) is 0 Å². The minimum atomic E-state index is -0.518. The number of carbonyl (C=O) groups excluding carboxylic acids is 1. The van der Waals surface area contributed by atoms with Crippen molar-refractivity contribution in [3.63, 3.8) is 0 Å². The minimum absolute atomic E-state index is 0. The Morgan fingerprint density at radius 1 is 1.38 bits per heavy atom. The molecule has 3 N–H and O–H groups in total. The highest BCUT2D eigenvalue weighted by molar-refractivity contribution is 5.85. The number of hydrogen-bond donors (Lipinski definition) is 2. The largest absolute Gasteiger partial charge is 0.347 e. The number of amides is 1. The maximum absolute atomic E-state index is 11.4. The summed E-state index contributed by atoms with van der Waals surface area (Å²) in [6, 6.07) is 9.69. The number of benzene rings is 1. The lowest BCUT2D eigenvalue weighted by molar-refractivity contribution is -0.122. The van der Waals surface area contributed by atoms with Crippen LogP contribution < -0.4 is 11.1 Å². The Bertz CT molecular complexity index is 556. The van der Waals surface area contributed by atoms with Crippen LogP contribution in [0.3, 0.4) is 0 Å². The molecule has 0 fully saturated rings. The molecule has 114 valence electrons. The number of nitrogens with zero attached hydrogens (tertiary/aromatic N) is 3. The molecule has 0 saturated carbocycles. The molecular weight excluding hydrogens is 290 g/mol. The first-order chi connectivity index (χ1) is 9.66. The van der Waals surface area contributed by atoms with Gasteiger partial charge in [-0.2, -0.15) is 0 Å². The quantitative estimate of drug-likeness (QED) is 0.830. The summed E-state index contributed by atoms with van der Waals surface area (Å²) < 4.78 is 1.94. The average Bonchev–Trinajstić information content (AvgIpc) is 2.91. The van der Waals surface area contributed by atoms with Crippen molar-refractivity contribution in [3.05, 3.63) is 48.0 Å². The van der Waals surface area contributed by atoms with E-state index in [0.29, 0.717) is 6.54 Å². The average molecular weight is 310 g/mol. The minimum Gasteiger partial charge on any atom is -0.347 e. The van der Waals surface area contributed by atoms with E-state index in [1.54, 1.807) is 13.3 Å². The molecule has 21 heavy (non-hydrogen) atoms. The standard InChI is InChI=1S/C14H19N5O.ClH/c1-11(15)14(20)16-9-13-18-17-10-19(13)8-7-12-5-3-2-4-6-12;/h2-6,10-11H,7-9,15H2,1H3,(H,16,20);1H/t11-;/m1./s1. The maximum atomic E-state index is 11.4. The lowest BCUT2D eigenvalue weighted by atomic mass is 10.1. The van der Waals surface area contributed by atoms with E-state index in [4.69, 9.17) is 5.73 Å². The molecule has 1 aromatic carbocycles. The Morgan fingerprint density at radius 3 is 2.76 bits per heavy atom. The van der Waals surface area contributed by atoms with Gasteiger partial charge in [-0.15, -0.1) is 22.6 Å². The van der Waals surface area contributed by atoms with Crippen molar-refractivity contribution < 1.29 is 4.79 Å². The number of aryl methyl sites for hydroxylation is 2. The van der Waals surface area contributed by atoms with Crippen LogP contribution in [0.15, 0.2) is 36.7 Å². The van der Waals surface area contributed by atoms with Gasteiger partial charge in [0.1, 0.15) is 6.33 Å². The monoisotopic (exact) mass is 309 g/mol. The zero-order valence-electron chi connectivity index (χ0n) is 11.9. The summed E-state index contributed by atoms with van der Waals surface area (Å²) in [6.07, 6.45) is 2.57. The van der Waals surface area contributed by atoms with Gasteiger partial charge in [0.2, 0.25) is 5.91 Å². The van der Waals surface area contributed by atoms with E-state index >= 15 is 0 Å². The van der Waals surface area contributed by atoms with Crippen LogP contribution in [0.2, 0.25) is 0 Å². The number of carbonyl (C=O) groups is 1. The van der Waals surface area contributed by atoms with E-state index in [1.165, 1.54) is 5.56 Å². The number of nitrogens with two attached hydrogens (primary N) is 1. The Hall–Kier alpha value is -1.92. The maximum Gasteiger partial charge on any atom is 0.237 e. The fraction of sp³-hybridized carbons (Fsp3) is 0.357. The fourth-order valence-corrected chi connectivity index (χ4v) is 1.82. The van der Waals surface area contributed by atoms with Gasteiger partial charge in [-0.25, -0.2) is 0 Å². The second-order valence-electron chi connectivity index (χ2n) is 4.68. The summed E-state index contributed by atoms with van der Waals surface area (Å²) in [5, 5.41) is 10.6. The second-order valence-corrected chi connectivity index (χ2v) is 4.68. The first-order valence-corrected chi connectivity index (χ1v) is 6.60. The van der Waals surface area contributed by atoms with Crippen LogP contribution in [0, 0.1) is 0 Å². The lowest BCUT2D eigenvalue weighted by Crippen LogP contribution is -2.38. The SMILES string of the molecule is C[C@@H](N)C(=O)NCc1nncn1CCc1ccccc1.Cl.